The van der Waals surface area contributed by atoms with E-state index in [2.05, 4.69) is 14.9 Å². The van der Waals surface area contributed by atoms with Crippen molar-refractivity contribution in [2.45, 2.75) is 26.4 Å². The fourth-order valence-corrected chi connectivity index (χ4v) is 3.95. The Morgan fingerprint density at radius 3 is 3.00 bits per heavy atom. The zero-order chi connectivity index (χ0) is 20.7. The van der Waals surface area contributed by atoms with Gasteiger partial charge in [-0.2, -0.15) is 0 Å². The molecule has 7 heteroatoms. The summed E-state index contributed by atoms with van der Waals surface area (Å²) < 4.78 is 5.72. The summed E-state index contributed by atoms with van der Waals surface area (Å²) in [5.74, 6) is 0.692. The van der Waals surface area contributed by atoms with Crippen molar-refractivity contribution < 1.29 is 4.42 Å². The fraction of sp³-hybridized carbons (Fsp3) is 0.217. The van der Waals surface area contributed by atoms with Crippen LogP contribution in [0.5, 0.6) is 0 Å². The molecule has 1 aliphatic rings. The second-order valence-corrected chi connectivity index (χ2v) is 7.96. The molecule has 0 saturated heterocycles. The molecule has 0 amide bonds. The average molecular weight is 419 g/mol. The summed E-state index contributed by atoms with van der Waals surface area (Å²) in [5, 5.41) is 1.09. The van der Waals surface area contributed by atoms with E-state index in [9.17, 15) is 4.79 Å². The molecule has 5 rings (SSSR count). The van der Waals surface area contributed by atoms with Crippen LogP contribution in [0, 0.1) is 6.92 Å². The fourth-order valence-electron chi connectivity index (χ4n) is 3.78. The second-order valence-electron chi connectivity index (χ2n) is 7.56. The number of hydrogen-bond acceptors (Lipinski definition) is 6. The van der Waals surface area contributed by atoms with E-state index in [4.69, 9.17) is 21.0 Å². The molecule has 30 heavy (non-hydrogen) atoms. The van der Waals surface area contributed by atoms with Gasteiger partial charge in [0, 0.05) is 66.4 Å². The lowest BCUT2D eigenvalue weighted by molar-refractivity contribution is 0.240. The highest BCUT2D eigenvalue weighted by Crippen LogP contribution is 2.24. The maximum Gasteiger partial charge on any atom is 0.197 e. The predicted octanol–water partition coefficient (Wildman–Crippen LogP) is 4.17. The Bertz CT molecular complexity index is 1300. The first-order valence-electron chi connectivity index (χ1n) is 9.76. The molecule has 0 bridgehead atoms. The van der Waals surface area contributed by atoms with Crippen molar-refractivity contribution in [1.82, 2.24) is 19.9 Å². The Balaban J connectivity index is 1.39. The van der Waals surface area contributed by atoms with Gasteiger partial charge in [-0.15, -0.1) is 0 Å². The smallest absolute Gasteiger partial charge is 0.197 e. The van der Waals surface area contributed by atoms with Crippen LogP contribution in [0.2, 0.25) is 5.02 Å². The molecule has 0 fully saturated rings. The van der Waals surface area contributed by atoms with E-state index in [1.807, 2.05) is 25.3 Å². The number of aryl methyl sites for hydroxylation is 1. The van der Waals surface area contributed by atoms with Gasteiger partial charge in [-0.3, -0.25) is 14.7 Å². The van der Waals surface area contributed by atoms with Crippen LogP contribution in [0.25, 0.3) is 22.4 Å². The Morgan fingerprint density at radius 1 is 1.27 bits per heavy atom. The molecule has 1 aliphatic heterocycles. The number of hydrogen-bond donors (Lipinski definition) is 0. The number of rotatable bonds is 3. The van der Waals surface area contributed by atoms with Crippen molar-refractivity contribution in [2.24, 2.45) is 0 Å². The van der Waals surface area contributed by atoms with Gasteiger partial charge in [0.25, 0.3) is 0 Å². The molecular weight excluding hydrogens is 400 g/mol. The van der Waals surface area contributed by atoms with E-state index in [0.717, 1.165) is 35.3 Å². The van der Waals surface area contributed by atoms with E-state index < -0.39 is 0 Å². The van der Waals surface area contributed by atoms with Crippen molar-refractivity contribution in [1.29, 1.82) is 0 Å². The highest BCUT2D eigenvalue weighted by atomic mass is 35.5. The van der Waals surface area contributed by atoms with Crippen molar-refractivity contribution in [3.63, 3.8) is 0 Å². The zero-order valence-corrected chi connectivity index (χ0v) is 17.2. The molecule has 0 spiro atoms. The Labute approximate surface area is 178 Å². The standard InChI is InChI=1S/C23H19ClN4O2/c1-14-7-21-18(8-19(14)24)22(29)17(13-30-21)12-28-6-4-20-16(11-28)10-26-23(27-20)15-3-2-5-25-9-15/h2-3,5,7-10,13H,4,6,11-12H2,1H3. The first-order chi connectivity index (χ1) is 14.6. The highest BCUT2D eigenvalue weighted by Gasteiger charge is 2.20. The van der Waals surface area contributed by atoms with Crippen LogP contribution >= 0.6 is 11.6 Å². The molecular formula is C23H19ClN4O2. The number of pyridine rings is 1. The van der Waals surface area contributed by atoms with Crippen LogP contribution < -0.4 is 5.43 Å². The molecule has 0 radical (unpaired) electrons. The van der Waals surface area contributed by atoms with Crippen molar-refractivity contribution in [3.8, 4) is 11.4 Å². The van der Waals surface area contributed by atoms with Gasteiger partial charge in [0.2, 0.25) is 0 Å². The lowest BCUT2D eigenvalue weighted by atomic mass is 10.1. The van der Waals surface area contributed by atoms with E-state index >= 15 is 0 Å². The Kier molecular flexibility index (Phi) is 4.81. The van der Waals surface area contributed by atoms with E-state index in [0.29, 0.717) is 40.5 Å². The number of halogens is 1. The number of fused-ring (bicyclic) bond motifs is 2. The van der Waals surface area contributed by atoms with E-state index in [1.54, 1.807) is 30.8 Å². The largest absolute Gasteiger partial charge is 0.464 e. The minimum Gasteiger partial charge on any atom is -0.464 e. The quantitative estimate of drug-likeness (QED) is 0.497. The van der Waals surface area contributed by atoms with Crippen LogP contribution in [-0.4, -0.2) is 26.4 Å². The highest BCUT2D eigenvalue weighted by molar-refractivity contribution is 6.32. The number of benzene rings is 1. The molecule has 4 heterocycles. The average Bonchev–Trinajstić information content (AvgIpc) is 2.77. The number of nitrogens with zero attached hydrogens (tertiary/aromatic N) is 4. The van der Waals surface area contributed by atoms with Gasteiger partial charge in [0.1, 0.15) is 5.58 Å². The van der Waals surface area contributed by atoms with Gasteiger partial charge >= 0.3 is 0 Å². The third kappa shape index (κ3) is 3.49. The summed E-state index contributed by atoms with van der Waals surface area (Å²) in [4.78, 5) is 28.5. The second kappa shape index (κ2) is 7.63. The molecule has 1 aromatic carbocycles. The molecule has 0 atom stereocenters. The molecule has 0 N–H and O–H groups in total. The molecule has 0 saturated carbocycles. The molecule has 3 aromatic heterocycles. The van der Waals surface area contributed by atoms with Gasteiger partial charge in [-0.05, 0) is 36.8 Å². The van der Waals surface area contributed by atoms with E-state index in [-0.39, 0.29) is 5.43 Å². The Hall–Kier alpha value is -3.09. The van der Waals surface area contributed by atoms with Gasteiger partial charge in [-0.1, -0.05) is 11.6 Å². The molecule has 4 aromatic rings. The SMILES string of the molecule is Cc1cc2occ(CN3CCc4nc(-c5cccnc5)ncc4C3)c(=O)c2cc1Cl. The van der Waals surface area contributed by atoms with Crippen molar-refractivity contribution >= 4 is 22.6 Å². The topological polar surface area (TPSA) is 72.1 Å². The maximum atomic E-state index is 12.9. The third-order valence-corrected chi connectivity index (χ3v) is 5.86. The summed E-state index contributed by atoms with van der Waals surface area (Å²) in [6.45, 7) is 3.90. The van der Waals surface area contributed by atoms with Crippen molar-refractivity contribution in [2.75, 3.05) is 6.54 Å². The summed E-state index contributed by atoms with van der Waals surface area (Å²) in [5.41, 5.74) is 5.08. The normalized spacial score (nSPS) is 14.1. The number of aromatic nitrogens is 3. The monoisotopic (exact) mass is 418 g/mol. The zero-order valence-electron chi connectivity index (χ0n) is 16.4. The van der Waals surface area contributed by atoms with E-state index in [1.165, 1.54) is 0 Å². The minimum absolute atomic E-state index is 0.0351. The van der Waals surface area contributed by atoms with Gasteiger partial charge in [0.15, 0.2) is 11.3 Å². The summed E-state index contributed by atoms with van der Waals surface area (Å²) in [7, 11) is 0. The van der Waals surface area contributed by atoms with Crippen LogP contribution in [0.15, 0.2) is 58.3 Å². The van der Waals surface area contributed by atoms with Gasteiger partial charge in [0.05, 0.1) is 17.3 Å². The lowest BCUT2D eigenvalue weighted by Gasteiger charge is -2.27. The minimum atomic E-state index is -0.0351. The van der Waals surface area contributed by atoms with Gasteiger partial charge in [-0.25, -0.2) is 9.97 Å². The first-order valence-corrected chi connectivity index (χ1v) is 10.1. The first kappa shape index (κ1) is 18.9. The summed E-state index contributed by atoms with van der Waals surface area (Å²) >= 11 is 6.21. The van der Waals surface area contributed by atoms with Crippen molar-refractivity contribution in [3.05, 3.63) is 86.7 Å². The molecule has 0 unspecified atom stereocenters. The molecule has 0 aliphatic carbocycles. The third-order valence-electron chi connectivity index (χ3n) is 5.45. The van der Waals surface area contributed by atoms with Crippen LogP contribution in [0.4, 0.5) is 0 Å². The predicted molar refractivity (Wildman–Crippen MR) is 115 cm³/mol. The maximum absolute atomic E-state index is 12.9. The van der Waals surface area contributed by atoms with Crippen LogP contribution in [0.3, 0.4) is 0 Å². The van der Waals surface area contributed by atoms with Gasteiger partial charge < -0.3 is 4.42 Å². The molecule has 6 nitrogen and oxygen atoms in total. The Morgan fingerprint density at radius 2 is 2.17 bits per heavy atom. The molecule has 150 valence electrons. The van der Waals surface area contributed by atoms with Crippen LogP contribution in [-0.2, 0) is 19.5 Å². The summed E-state index contributed by atoms with van der Waals surface area (Å²) in [6.07, 6.45) is 7.74. The lowest BCUT2D eigenvalue weighted by Crippen LogP contribution is -2.32. The van der Waals surface area contributed by atoms with Crippen LogP contribution in [0.1, 0.15) is 22.4 Å². The summed E-state index contributed by atoms with van der Waals surface area (Å²) in [6, 6.07) is 7.33.